The van der Waals surface area contributed by atoms with Gasteiger partial charge < -0.3 is 9.47 Å². The van der Waals surface area contributed by atoms with Gasteiger partial charge in [0.05, 0.1) is 10.3 Å². The summed E-state index contributed by atoms with van der Waals surface area (Å²) in [4.78, 5) is 14.8. The Morgan fingerprint density at radius 3 is 2.50 bits per heavy atom. The van der Waals surface area contributed by atoms with Crippen molar-refractivity contribution >= 4 is 29.3 Å². The Morgan fingerprint density at radius 1 is 1.14 bits per heavy atom. The Hall–Kier alpha value is -2.31. The van der Waals surface area contributed by atoms with Gasteiger partial charge in [0.25, 0.3) is 0 Å². The second-order valence-corrected chi connectivity index (χ2v) is 8.16. The number of hydrogen-bond acceptors (Lipinski definition) is 4. The summed E-state index contributed by atoms with van der Waals surface area (Å²) in [6.07, 6.45) is 0. The normalized spacial score (nSPS) is 12.0. The molecular weight excluding hydrogens is 392 g/mol. The van der Waals surface area contributed by atoms with Crippen LogP contribution in [0.4, 0.5) is 0 Å². The predicted molar refractivity (Wildman–Crippen MR) is 114 cm³/mol. The van der Waals surface area contributed by atoms with Crippen molar-refractivity contribution in [1.29, 1.82) is 0 Å². The van der Waals surface area contributed by atoms with Gasteiger partial charge in [0.2, 0.25) is 5.91 Å². The molecule has 2 aromatic carbocycles. The van der Waals surface area contributed by atoms with E-state index in [1.165, 1.54) is 11.8 Å². The standard InChI is InChI=1S/C21H23ClN4OS/c1-4-26(14-16-10-6-5-7-11-16)20(27)15(2)28-21-24-23-19(25(21)3)17-12-8-9-13-18(17)22/h5-13,15H,4,14H2,1-3H3. The Balaban J connectivity index is 1.73. The van der Waals surface area contributed by atoms with E-state index >= 15 is 0 Å². The number of amides is 1. The number of thioether (sulfide) groups is 1. The first-order chi connectivity index (χ1) is 13.5. The van der Waals surface area contributed by atoms with Crippen LogP contribution in [-0.2, 0) is 18.4 Å². The maximum Gasteiger partial charge on any atom is 0.236 e. The molecule has 0 saturated carbocycles. The average molecular weight is 415 g/mol. The van der Waals surface area contributed by atoms with E-state index in [1.807, 2.05) is 85.0 Å². The van der Waals surface area contributed by atoms with Crippen LogP contribution in [0.3, 0.4) is 0 Å². The van der Waals surface area contributed by atoms with Crippen LogP contribution >= 0.6 is 23.4 Å². The number of nitrogens with zero attached hydrogens (tertiary/aromatic N) is 4. The monoisotopic (exact) mass is 414 g/mol. The van der Waals surface area contributed by atoms with Crippen LogP contribution in [-0.4, -0.2) is 37.4 Å². The molecule has 0 fully saturated rings. The van der Waals surface area contributed by atoms with E-state index in [2.05, 4.69) is 10.2 Å². The summed E-state index contributed by atoms with van der Waals surface area (Å²) in [6.45, 7) is 5.16. The number of hydrogen-bond donors (Lipinski definition) is 0. The molecule has 1 heterocycles. The Labute approximate surface area is 174 Å². The minimum atomic E-state index is -0.273. The third kappa shape index (κ3) is 4.56. The molecule has 0 spiro atoms. The van der Waals surface area contributed by atoms with E-state index in [-0.39, 0.29) is 11.2 Å². The molecule has 1 atom stereocenters. The molecule has 1 unspecified atom stereocenters. The van der Waals surface area contributed by atoms with Crippen LogP contribution in [0.1, 0.15) is 19.4 Å². The van der Waals surface area contributed by atoms with Gasteiger partial charge in [0.15, 0.2) is 11.0 Å². The van der Waals surface area contributed by atoms with Gasteiger partial charge in [0.1, 0.15) is 0 Å². The van der Waals surface area contributed by atoms with Gasteiger partial charge in [-0.25, -0.2) is 0 Å². The van der Waals surface area contributed by atoms with Gasteiger partial charge in [-0.3, -0.25) is 4.79 Å². The maximum atomic E-state index is 13.0. The molecule has 7 heteroatoms. The molecule has 0 aliphatic rings. The summed E-state index contributed by atoms with van der Waals surface area (Å²) in [7, 11) is 1.89. The number of aromatic nitrogens is 3. The van der Waals surface area contributed by atoms with E-state index in [1.54, 1.807) is 0 Å². The minimum absolute atomic E-state index is 0.0821. The molecule has 1 aromatic heterocycles. The molecule has 5 nitrogen and oxygen atoms in total. The third-order valence-electron chi connectivity index (χ3n) is 4.49. The lowest BCUT2D eigenvalue weighted by molar-refractivity contribution is -0.130. The SMILES string of the molecule is CCN(Cc1ccccc1)C(=O)C(C)Sc1nnc(-c2ccccc2Cl)n1C. The lowest BCUT2D eigenvalue weighted by Gasteiger charge is -2.24. The van der Waals surface area contributed by atoms with E-state index in [9.17, 15) is 4.79 Å². The molecule has 3 rings (SSSR count). The average Bonchev–Trinajstić information content (AvgIpc) is 3.07. The molecule has 3 aromatic rings. The van der Waals surface area contributed by atoms with Crippen LogP contribution in [0, 0.1) is 0 Å². The van der Waals surface area contributed by atoms with Crippen LogP contribution in [0.25, 0.3) is 11.4 Å². The highest BCUT2D eigenvalue weighted by atomic mass is 35.5. The predicted octanol–water partition coefficient (Wildman–Crippen LogP) is 4.66. The van der Waals surface area contributed by atoms with Crippen molar-refractivity contribution in [2.45, 2.75) is 30.8 Å². The summed E-state index contributed by atoms with van der Waals surface area (Å²) >= 11 is 7.69. The number of rotatable bonds is 7. The van der Waals surface area contributed by atoms with Crippen molar-refractivity contribution in [2.24, 2.45) is 7.05 Å². The van der Waals surface area contributed by atoms with Gasteiger partial charge in [-0.2, -0.15) is 0 Å². The second kappa shape index (κ2) is 9.26. The molecule has 0 saturated heterocycles. The summed E-state index contributed by atoms with van der Waals surface area (Å²) in [6, 6.07) is 17.6. The van der Waals surface area contributed by atoms with Crippen LogP contribution in [0.15, 0.2) is 59.8 Å². The summed E-state index contributed by atoms with van der Waals surface area (Å²) in [5.41, 5.74) is 1.94. The zero-order chi connectivity index (χ0) is 20.1. The highest BCUT2D eigenvalue weighted by Gasteiger charge is 2.23. The van der Waals surface area contributed by atoms with Gasteiger partial charge in [-0.1, -0.05) is 65.8 Å². The van der Waals surface area contributed by atoms with Crippen LogP contribution in [0.2, 0.25) is 5.02 Å². The van der Waals surface area contributed by atoms with Crippen LogP contribution in [0.5, 0.6) is 0 Å². The third-order valence-corrected chi connectivity index (χ3v) is 5.94. The lowest BCUT2D eigenvalue weighted by Crippen LogP contribution is -2.36. The molecule has 0 N–H and O–H groups in total. The molecule has 0 aliphatic heterocycles. The van der Waals surface area contributed by atoms with Crippen molar-refractivity contribution in [2.75, 3.05) is 6.54 Å². The molecule has 0 radical (unpaired) electrons. The van der Waals surface area contributed by atoms with E-state index in [0.29, 0.717) is 29.1 Å². The molecular formula is C21H23ClN4OS. The fourth-order valence-electron chi connectivity index (χ4n) is 2.91. The van der Waals surface area contributed by atoms with Crippen molar-refractivity contribution in [3.8, 4) is 11.4 Å². The second-order valence-electron chi connectivity index (χ2n) is 6.44. The maximum absolute atomic E-state index is 13.0. The van der Waals surface area contributed by atoms with Crippen molar-refractivity contribution in [1.82, 2.24) is 19.7 Å². The number of benzene rings is 2. The van der Waals surface area contributed by atoms with Gasteiger partial charge in [-0.15, -0.1) is 10.2 Å². The lowest BCUT2D eigenvalue weighted by atomic mass is 10.2. The fourth-order valence-corrected chi connectivity index (χ4v) is 4.03. The summed E-state index contributed by atoms with van der Waals surface area (Å²) in [5.74, 6) is 0.767. The quantitative estimate of drug-likeness (QED) is 0.527. The number of halogens is 1. The number of carbonyl (C=O) groups excluding carboxylic acids is 1. The highest BCUT2D eigenvalue weighted by Crippen LogP contribution is 2.30. The van der Waals surface area contributed by atoms with E-state index in [0.717, 1.165) is 11.1 Å². The first kappa shape index (κ1) is 20.4. The van der Waals surface area contributed by atoms with Gasteiger partial charge in [-0.05, 0) is 31.5 Å². The van der Waals surface area contributed by atoms with E-state index < -0.39 is 0 Å². The Morgan fingerprint density at radius 2 is 1.82 bits per heavy atom. The summed E-state index contributed by atoms with van der Waals surface area (Å²) in [5, 5.41) is 9.58. The van der Waals surface area contributed by atoms with Crippen molar-refractivity contribution in [3.63, 3.8) is 0 Å². The summed E-state index contributed by atoms with van der Waals surface area (Å²) < 4.78 is 1.88. The first-order valence-corrected chi connectivity index (χ1v) is 10.4. The Bertz CT molecular complexity index is 945. The molecule has 28 heavy (non-hydrogen) atoms. The zero-order valence-corrected chi connectivity index (χ0v) is 17.7. The van der Waals surface area contributed by atoms with Gasteiger partial charge >= 0.3 is 0 Å². The number of carbonyl (C=O) groups is 1. The fraction of sp³-hybridized carbons (Fsp3) is 0.286. The smallest absolute Gasteiger partial charge is 0.236 e. The molecule has 1 amide bonds. The topological polar surface area (TPSA) is 51.0 Å². The first-order valence-electron chi connectivity index (χ1n) is 9.15. The largest absolute Gasteiger partial charge is 0.338 e. The Kier molecular flexibility index (Phi) is 6.75. The zero-order valence-electron chi connectivity index (χ0n) is 16.2. The molecule has 0 aliphatic carbocycles. The highest BCUT2D eigenvalue weighted by molar-refractivity contribution is 8.00. The molecule has 0 bridgehead atoms. The minimum Gasteiger partial charge on any atom is -0.338 e. The van der Waals surface area contributed by atoms with Gasteiger partial charge in [0, 0.05) is 25.7 Å². The van der Waals surface area contributed by atoms with E-state index in [4.69, 9.17) is 11.6 Å². The van der Waals surface area contributed by atoms with Crippen molar-refractivity contribution in [3.05, 3.63) is 65.2 Å². The molecule has 146 valence electrons. The van der Waals surface area contributed by atoms with Crippen molar-refractivity contribution < 1.29 is 4.79 Å². The van der Waals surface area contributed by atoms with Crippen LogP contribution < -0.4 is 0 Å².